The Morgan fingerprint density at radius 2 is 1.75 bits per heavy atom. The summed E-state index contributed by atoms with van der Waals surface area (Å²) >= 11 is 0. The maximum Gasteiger partial charge on any atom is 0.251 e. The lowest BCUT2D eigenvalue weighted by Gasteiger charge is -2.27. The van der Waals surface area contributed by atoms with Gasteiger partial charge in [-0.3, -0.25) is 9.59 Å². The molecule has 0 atom stereocenters. The van der Waals surface area contributed by atoms with Crippen LogP contribution in [0.5, 0.6) is 0 Å². The zero-order valence-electron chi connectivity index (χ0n) is 18.5. The van der Waals surface area contributed by atoms with Crippen molar-refractivity contribution in [2.75, 3.05) is 32.7 Å². The molecule has 2 amide bonds. The summed E-state index contributed by atoms with van der Waals surface area (Å²) in [7, 11) is -3.66. The van der Waals surface area contributed by atoms with E-state index in [0.29, 0.717) is 26.2 Å². The molecule has 0 aromatic heterocycles. The highest BCUT2D eigenvalue weighted by Gasteiger charge is 2.23. The largest absolute Gasteiger partial charge is 0.343 e. The molecule has 7 nitrogen and oxygen atoms in total. The van der Waals surface area contributed by atoms with Gasteiger partial charge in [-0.2, -0.15) is 4.31 Å². The normalized spacial score (nSPS) is 14.2. The molecule has 0 saturated carbocycles. The average Bonchev–Trinajstić information content (AvgIpc) is 2.83. The minimum Gasteiger partial charge on any atom is -0.343 e. The summed E-state index contributed by atoms with van der Waals surface area (Å²) in [6, 6.07) is 16.0. The van der Waals surface area contributed by atoms with Crippen molar-refractivity contribution in [1.82, 2.24) is 14.5 Å². The molecule has 2 aromatic carbocycles. The van der Waals surface area contributed by atoms with Gasteiger partial charge in [-0.25, -0.2) is 8.42 Å². The minimum absolute atomic E-state index is 0.0646. The fourth-order valence-electron chi connectivity index (χ4n) is 3.69. The van der Waals surface area contributed by atoms with Gasteiger partial charge in [0.05, 0.1) is 11.4 Å². The van der Waals surface area contributed by atoms with Gasteiger partial charge in [0.1, 0.15) is 0 Å². The summed E-state index contributed by atoms with van der Waals surface area (Å²) in [5.74, 6) is -0.652. The standard InChI is InChI=1S/C24H29N3O4S/c1-3-27(4-2)32(30,31)22-12-8-11-21(17-22)24(29)25-18-23(28)26-15-13-20(14-16-26)19-9-6-5-7-10-19/h5-13,17H,3-4,14-16,18H2,1-2H3,(H,25,29). The third-order valence-corrected chi connectivity index (χ3v) is 7.59. The van der Waals surface area contributed by atoms with Gasteiger partial charge in [0, 0.05) is 31.7 Å². The van der Waals surface area contributed by atoms with Crippen LogP contribution in [0.15, 0.2) is 65.6 Å². The Morgan fingerprint density at radius 3 is 2.38 bits per heavy atom. The average molecular weight is 456 g/mol. The van der Waals surface area contributed by atoms with Crippen LogP contribution in [0.3, 0.4) is 0 Å². The summed E-state index contributed by atoms with van der Waals surface area (Å²) in [6.45, 7) is 5.17. The van der Waals surface area contributed by atoms with Crippen LogP contribution >= 0.6 is 0 Å². The van der Waals surface area contributed by atoms with E-state index in [-0.39, 0.29) is 22.9 Å². The highest BCUT2D eigenvalue weighted by Crippen LogP contribution is 2.22. The Labute approximate surface area is 189 Å². The van der Waals surface area contributed by atoms with E-state index in [0.717, 1.165) is 12.0 Å². The zero-order chi connectivity index (χ0) is 23.1. The molecular weight excluding hydrogens is 426 g/mol. The van der Waals surface area contributed by atoms with Crippen LogP contribution in [0.25, 0.3) is 5.57 Å². The molecule has 0 aliphatic carbocycles. The second-order valence-electron chi connectivity index (χ2n) is 7.48. The van der Waals surface area contributed by atoms with Crippen molar-refractivity contribution in [3.05, 3.63) is 71.8 Å². The van der Waals surface area contributed by atoms with Crippen molar-refractivity contribution in [1.29, 1.82) is 0 Å². The fraction of sp³-hybridized carbons (Fsp3) is 0.333. The lowest BCUT2D eigenvalue weighted by Crippen LogP contribution is -2.42. The van der Waals surface area contributed by atoms with Gasteiger partial charge >= 0.3 is 0 Å². The molecule has 1 heterocycles. The smallest absolute Gasteiger partial charge is 0.251 e. The number of carbonyl (C=O) groups excluding carboxylic acids is 2. The first-order valence-corrected chi connectivity index (χ1v) is 12.2. The molecule has 1 aliphatic heterocycles. The van der Waals surface area contributed by atoms with E-state index in [1.165, 1.54) is 34.1 Å². The number of benzene rings is 2. The first-order valence-electron chi connectivity index (χ1n) is 10.8. The molecule has 1 N–H and O–H groups in total. The maximum absolute atomic E-state index is 12.7. The van der Waals surface area contributed by atoms with Crippen LogP contribution in [-0.2, 0) is 14.8 Å². The number of hydrogen-bond donors (Lipinski definition) is 1. The lowest BCUT2D eigenvalue weighted by atomic mass is 9.99. The third kappa shape index (κ3) is 5.44. The summed E-state index contributed by atoms with van der Waals surface area (Å²) in [4.78, 5) is 26.9. The van der Waals surface area contributed by atoms with Crippen LogP contribution < -0.4 is 5.32 Å². The molecule has 8 heteroatoms. The molecule has 0 fully saturated rings. The van der Waals surface area contributed by atoms with Crippen LogP contribution in [0, 0.1) is 0 Å². The van der Waals surface area contributed by atoms with Crippen LogP contribution in [0.4, 0.5) is 0 Å². The molecule has 0 saturated heterocycles. The van der Waals surface area contributed by atoms with Crippen LogP contribution in [0.2, 0.25) is 0 Å². The van der Waals surface area contributed by atoms with E-state index in [9.17, 15) is 18.0 Å². The number of nitrogens with one attached hydrogen (secondary N) is 1. The molecule has 0 radical (unpaired) electrons. The summed E-state index contributed by atoms with van der Waals surface area (Å²) < 4.78 is 26.7. The number of amides is 2. The van der Waals surface area contributed by atoms with E-state index >= 15 is 0 Å². The van der Waals surface area contributed by atoms with Gasteiger partial charge < -0.3 is 10.2 Å². The van der Waals surface area contributed by atoms with Crippen molar-refractivity contribution in [3.8, 4) is 0 Å². The predicted molar refractivity (Wildman–Crippen MR) is 124 cm³/mol. The minimum atomic E-state index is -3.66. The molecule has 32 heavy (non-hydrogen) atoms. The van der Waals surface area contributed by atoms with Gasteiger partial charge in [-0.1, -0.05) is 56.3 Å². The van der Waals surface area contributed by atoms with Crippen molar-refractivity contribution < 1.29 is 18.0 Å². The third-order valence-electron chi connectivity index (χ3n) is 5.55. The molecule has 0 spiro atoms. The molecule has 0 unspecified atom stereocenters. The Kier molecular flexibility index (Phi) is 7.82. The Morgan fingerprint density at radius 1 is 1.03 bits per heavy atom. The molecule has 0 bridgehead atoms. The van der Waals surface area contributed by atoms with Gasteiger partial charge in [-0.05, 0) is 35.8 Å². The van der Waals surface area contributed by atoms with E-state index < -0.39 is 15.9 Å². The van der Waals surface area contributed by atoms with Gasteiger partial charge in [0.15, 0.2) is 0 Å². The number of rotatable bonds is 8. The highest BCUT2D eigenvalue weighted by atomic mass is 32.2. The van der Waals surface area contributed by atoms with E-state index in [1.54, 1.807) is 18.7 Å². The first-order chi connectivity index (χ1) is 15.4. The van der Waals surface area contributed by atoms with Crippen LogP contribution in [-0.4, -0.2) is 62.2 Å². The van der Waals surface area contributed by atoms with Crippen molar-refractivity contribution in [2.24, 2.45) is 0 Å². The highest BCUT2D eigenvalue weighted by molar-refractivity contribution is 7.89. The molecule has 3 rings (SSSR count). The quantitative estimate of drug-likeness (QED) is 0.663. The van der Waals surface area contributed by atoms with Crippen molar-refractivity contribution >= 4 is 27.4 Å². The van der Waals surface area contributed by atoms with Gasteiger partial charge in [-0.15, -0.1) is 0 Å². The van der Waals surface area contributed by atoms with Crippen molar-refractivity contribution in [2.45, 2.75) is 25.2 Å². The molecule has 1 aliphatic rings. The first kappa shape index (κ1) is 23.7. The van der Waals surface area contributed by atoms with Gasteiger partial charge in [0.25, 0.3) is 5.91 Å². The fourth-order valence-corrected chi connectivity index (χ4v) is 5.19. The Bertz CT molecular complexity index is 1090. The second kappa shape index (κ2) is 10.6. The maximum atomic E-state index is 12.7. The topological polar surface area (TPSA) is 86.8 Å². The van der Waals surface area contributed by atoms with E-state index in [1.807, 2.05) is 24.3 Å². The van der Waals surface area contributed by atoms with Crippen molar-refractivity contribution in [3.63, 3.8) is 0 Å². The number of carbonyl (C=O) groups is 2. The van der Waals surface area contributed by atoms with Crippen LogP contribution in [0.1, 0.15) is 36.2 Å². The SMILES string of the molecule is CCN(CC)S(=O)(=O)c1cccc(C(=O)NCC(=O)N2CC=C(c3ccccc3)CC2)c1. The Balaban J connectivity index is 1.59. The van der Waals surface area contributed by atoms with Gasteiger partial charge in [0.2, 0.25) is 15.9 Å². The van der Waals surface area contributed by atoms with E-state index in [2.05, 4.69) is 17.4 Å². The molecule has 2 aromatic rings. The second-order valence-corrected chi connectivity index (χ2v) is 9.42. The predicted octanol–water partition coefficient (Wildman–Crippen LogP) is 2.76. The van der Waals surface area contributed by atoms with E-state index in [4.69, 9.17) is 0 Å². The summed E-state index contributed by atoms with van der Waals surface area (Å²) in [5.41, 5.74) is 2.58. The summed E-state index contributed by atoms with van der Waals surface area (Å²) in [5, 5.41) is 2.62. The summed E-state index contributed by atoms with van der Waals surface area (Å²) in [6.07, 6.45) is 2.80. The number of nitrogens with zero attached hydrogens (tertiary/aromatic N) is 2. The molecular formula is C24H29N3O4S. The molecule has 170 valence electrons. The number of sulfonamides is 1. The Hall–Kier alpha value is -2.97. The number of hydrogen-bond acceptors (Lipinski definition) is 4. The monoisotopic (exact) mass is 455 g/mol. The zero-order valence-corrected chi connectivity index (χ0v) is 19.3. The lowest BCUT2D eigenvalue weighted by molar-refractivity contribution is -0.129.